The third-order valence-corrected chi connectivity index (χ3v) is 4.95. The zero-order valence-corrected chi connectivity index (χ0v) is 12.5. The summed E-state index contributed by atoms with van der Waals surface area (Å²) in [5, 5.41) is 0. The first-order chi connectivity index (χ1) is 7.49. The van der Waals surface area contributed by atoms with Gasteiger partial charge in [-0.15, -0.1) is 0 Å². The summed E-state index contributed by atoms with van der Waals surface area (Å²) >= 11 is 0.144. The topological polar surface area (TPSA) is 9.23 Å². The van der Waals surface area contributed by atoms with Gasteiger partial charge in [0.15, 0.2) is 0 Å². The van der Waals surface area contributed by atoms with E-state index < -0.39 is 0 Å². The lowest BCUT2D eigenvalue weighted by molar-refractivity contribution is 0.110. The lowest BCUT2D eigenvalue weighted by Gasteiger charge is -2.16. The molecule has 0 bridgehead atoms. The van der Waals surface area contributed by atoms with Crippen LogP contribution in [-0.2, 0) is 4.74 Å². The Labute approximate surface area is 108 Å². The van der Waals surface area contributed by atoms with E-state index in [0.29, 0.717) is 5.92 Å². The van der Waals surface area contributed by atoms with Crippen LogP contribution in [0.3, 0.4) is 0 Å². The monoisotopic (exact) mass is 330 g/mol. The number of rotatable bonds is 3. The SMILES string of the molecule is CC(C)=C[C@@H]1C[C@@]1(C)OC1=CC(C)=IC=C1. The van der Waals surface area contributed by atoms with Crippen molar-refractivity contribution in [2.75, 3.05) is 0 Å². The third kappa shape index (κ3) is 2.84. The Hall–Kier alpha value is -0.380. The number of halogens is 1. The molecule has 0 aromatic carbocycles. The minimum Gasteiger partial charge on any atom is -0.487 e. The molecule has 1 heterocycles. The van der Waals surface area contributed by atoms with Crippen molar-refractivity contribution in [3.63, 3.8) is 0 Å². The molecule has 0 aromatic heterocycles. The van der Waals surface area contributed by atoms with Crippen LogP contribution in [0.25, 0.3) is 0 Å². The highest BCUT2D eigenvalue weighted by Crippen LogP contribution is 2.49. The van der Waals surface area contributed by atoms with Crippen LogP contribution in [0.1, 0.15) is 34.1 Å². The average molecular weight is 330 g/mol. The molecule has 0 radical (unpaired) electrons. The summed E-state index contributed by atoms with van der Waals surface area (Å²) in [6.07, 6.45) is 7.83. The maximum absolute atomic E-state index is 6.10. The van der Waals surface area contributed by atoms with E-state index in [2.05, 4.69) is 50.0 Å². The van der Waals surface area contributed by atoms with Crippen molar-refractivity contribution >= 4 is 24.2 Å². The second-order valence-electron chi connectivity index (χ2n) is 5.00. The standard InChI is InChI=1S/C14H19IO/c1-10(2)7-12-9-14(12,4)16-13-5-6-15-11(3)8-13/h5-8,12H,9H2,1-4H3/t12-,14-/m1/s1. The second-order valence-corrected chi connectivity index (χ2v) is 8.05. The van der Waals surface area contributed by atoms with Gasteiger partial charge >= 0.3 is 0 Å². The second kappa shape index (κ2) is 4.47. The van der Waals surface area contributed by atoms with Gasteiger partial charge in [-0.3, -0.25) is 0 Å². The van der Waals surface area contributed by atoms with E-state index in [1.807, 2.05) is 0 Å². The summed E-state index contributed by atoms with van der Waals surface area (Å²) in [5.74, 6) is 1.65. The van der Waals surface area contributed by atoms with Crippen molar-refractivity contribution in [1.29, 1.82) is 0 Å². The van der Waals surface area contributed by atoms with E-state index in [0.717, 1.165) is 12.2 Å². The normalized spacial score (nSPS) is 32.1. The largest absolute Gasteiger partial charge is 0.487 e. The van der Waals surface area contributed by atoms with Gasteiger partial charge in [0, 0.05) is 5.92 Å². The zero-order chi connectivity index (χ0) is 11.8. The summed E-state index contributed by atoms with van der Waals surface area (Å²) in [7, 11) is 0. The first-order valence-corrected chi connectivity index (χ1v) is 8.01. The van der Waals surface area contributed by atoms with Crippen molar-refractivity contribution in [2.45, 2.75) is 39.7 Å². The molecular weight excluding hydrogens is 311 g/mol. The molecule has 1 aliphatic heterocycles. The van der Waals surface area contributed by atoms with Gasteiger partial charge in [0.25, 0.3) is 0 Å². The molecule has 0 unspecified atom stereocenters. The van der Waals surface area contributed by atoms with E-state index in [4.69, 9.17) is 4.74 Å². The summed E-state index contributed by atoms with van der Waals surface area (Å²) in [6.45, 7) is 8.72. The minimum absolute atomic E-state index is 0.0450. The van der Waals surface area contributed by atoms with E-state index in [1.54, 1.807) is 0 Å². The van der Waals surface area contributed by atoms with Crippen LogP contribution < -0.4 is 0 Å². The van der Waals surface area contributed by atoms with E-state index >= 15 is 0 Å². The fourth-order valence-corrected chi connectivity index (χ4v) is 3.52. The van der Waals surface area contributed by atoms with E-state index in [-0.39, 0.29) is 26.3 Å². The van der Waals surface area contributed by atoms with Crippen molar-refractivity contribution in [3.05, 3.63) is 33.6 Å². The maximum Gasteiger partial charge on any atom is 0.121 e. The molecule has 1 fully saturated rings. The van der Waals surface area contributed by atoms with Crippen molar-refractivity contribution in [2.24, 2.45) is 5.92 Å². The van der Waals surface area contributed by atoms with Crippen LogP contribution in [0.15, 0.2) is 33.6 Å². The highest BCUT2D eigenvalue weighted by atomic mass is 127. The Balaban J connectivity index is 2.00. The van der Waals surface area contributed by atoms with Crippen LogP contribution in [0.4, 0.5) is 0 Å². The molecule has 0 N–H and O–H groups in total. The summed E-state index contributed by atoms with van der Waals surface area (Å²) < 4.78 is 9.87. The molecule has 1 saturated carbocycles. The van der Waals surface area contributed by atoms with Gasteiger partial charge in [-0.25, -0.2) is 0 Å². The first-order valence-electron chi connectivity index (χ1n) is 5.69. The average Bonchev–Trinajstić information content (AvgIpc) is 2.74. The predicted molar refractivity (Wildman–Crippen MR) is 79.0 cm³/mol. The fraction of sp³-hybridized carbons (Fsp3) is 0.500. The minimum atomic E-state index is 0.0450. The van der Waals surface area contributed by atoms with Gasteiger partial charge in [-0.05, 0) is 53.9 Å². The van der Waals surface area contributed by atoms with Crippen molar-refractivity contribution < 1.29 is 4.74 Å². The van der Waals surface area contributed by atoms with Gasteiger partial charge in [-0.2, -0.15) is 0 Å². The molecule has 1 aliphatic carbocycles. The Kier molecular flexibility index (Phi) is 3.38. The molecule has 16 heavy (non-hydrogen) atoms. The molecule has 2 atom stereocenters. The highest BCUT2D eigenvalue weighted by Gasteiger charge is 2.51. The van der Waals surface area contributed by atoms with Gasteiger partial charge in [0.2, 0.25) is 0 Å². The Morgan fingerprint density at radius 3 is 2.94 bits per heavy atom. The van der Waals surface area contributed by atoms with Gasteiger partial charge in [0.1, 0.15) is 11.4 Å². The number of allylic oxidation sites excluding steroid dienone is 3. The molecule has 0 spiro atoms. The van der Waals surface area contributed by atoms with Crippen molar-refractivity contribution in [1.82, 2.24) is 0 Å². The maximum atomic E-state index is 6.10. The lowest BCUT2D eigenvalue weighted by Crippen LogP contribution is -2.11. The Bertz CT molecular complexity index is 410. The lowest BCUT2D eigenvalue weighted by atomic mass is 10.2. The first kappa shape index (κ1) is 12.1. The zero-order valence-electron chi connectivity index (χ0n) is 10.4. The van der Waals surface area contributed by atoms with Gasteiger partial charge < -0.3 is 4.74 Å². The third-order valence-electron chi connectivity index (χ3n) is 2.94. The molecule has 0 aromatic rings. The quantitative estimate of drug-likeness (QED) is 0.553. The van der Waals surface area contributed by atoms with E-state index in [1.165, 1.54) is 9.08 Å². The molecule has 2 heteroatoms. The van der Waals surface area contributed by atoms with Gasteiger partial charge in [-0.1, -0.05) is 32.4 Å². The number of ether oxygens (including phenoxy) is 1. The molecule has 0 amide bonds. The summed E-state index contributed by atoms with van der Waals surface area (Å²) in [6, 6.07) is 0. The smallest absolute Gasteiger partial charge is 0.121 e. The van der Waals surface area contributed by atoms with Crippen LogP contribution >= 0.6 is 20.7 Å². The Morgan fingerprint density at radius 2 is 2.31 bits per heavy atom. The summed E-state index contributed by atoms with van der Waals surface area (Å²) in [4.78, 5) is 0. The van der Waals surface area contributed by atoms with Crippen LogP contribution in [0.5, 0.6) is 0 Å². The van der Waals surface area contributed by atoms with Crippen LogP contribution in [0.2, 0.25) is 0 Å². The number of hydrogen-bond donors (Lipinski definition) is 0. The van der Waals surface area contributed by atoms with Gasteiger partial charge in [0.05, 0.1) is 0 Å². The van der Waals surface area contributed by atoms with Crippen LogP contribution in [0, 0.1) is 5.92 Å². The molecule has 2 aliphatic rings. The molecule has 2 rings (SSSR count). The predicted octanol–water partition coefficient (Wildman–Crippen LogP) is 4.32. The molecular formula is C14H19IO. The van der Waals surface area contributed by atoms with Crippen LogP contribution in [-0.4, -0.2) is 9.11 Å². The fourth-order valence-electron chi connectivity index (χ4n) is 1.93. The van der Waals surface area contributed by atoms with Crippen molar-refractivity contribution in [3.8, 4) is 0 Å². The molecule has 1 nitrogen and oxygen atoms in total. The molecule has 88 valence electrons. The van der Waals surface area contributed by atoms with E-state index in [9.17, 15) is 0 Å². The Morgan fingerprint density at radius 1 is 1.56 bits per heavy atom. The summed E-state index contributed by atoms with van der Waals surface area (Å²) in [5.41, 5.74) is 1.43. The molecule has 0 saturated heterocycles. The number of hydrogen-bond acceptors (Lipinski definition) is 1. The highest BCUT2D eigenvalue weighted by molar-refractivity contribution is 14.2.